The summed E-state index contributed by atoms with van der Waals surface area (Å²) in [6.07, 6.45) is 3.86. The fraction of sp³-hybridized carbons (Fsp3) is 0.154. The number of carbonyl (C=O) groups is 1. The largest absolute Gasteiger partial charge is 0.490 e. The van der Waals surface area contributed by atoms with Crippen molar-refractivity contribution >= 4 is 91.9 Å². The first-order valence-corrected chi connectivity index (χ1v) is 14.6. The molecule has 0 spiro atoms. The number of carbonyl (C=O) groups excluding carboxylic acids is 1. The van der Waals surface area contributed by atoms with Crippen LogP contribution in [0.1, 0.15) is 18.1 Å². The predicted octanol–water partition coefficient (Wildman–Crippen LogP) is 8.05. The lowest BCUT2D eigenvalue weighted by molar-refractivity contribution is -0.113. The second kappa shape index (κ2) is 12.0. The minimum absolute atomic E-state index is 0.130. The Morgan fingerprint density at radius 1 is 1.14 bits per heavy atom. The van der Waals surface area contributed by atoms with Gasteiger partial charge in [-0.2, -0.15) is 0 Å². The summed E-state index contributed by atoms with van der Waals surface area (Å²) >= 11 is 16.7. The molecule has 35 heavy (non-hydrogen) atoms. The summed E-state index contributed by atoms with van der Waals surface area (Å²) < 4.78 is 13.4. The number of ether oxygens (including phenoxy) is 2. The summed E-state index contributed by atoms with van der Waals surface area (Å²) in [6.45, 7) is 2.81. The Labute approximate surface area is 237 Å². The van der Waals surface area contributed by atoms with E-state index in [2.05, 4.69) is 22.6 Å². The lowest BCUT2D eigenvalue weighted by Crippen LogP contribution is -2.27. The molecular formula is C26H21ClINO3S3. The smallest absolute Gasteiger partial charge is 0.270 e. The minimum atomic E-state index is -0.130. The van der Waals surface area contributed by atoms with Gasteiger partial charge in [-0.05, 0) is 95.4 Å². The number of benzene rings is 3. The van der Waals surface area contributed by atoms with E-state index in [0.29, 0.717) is 39.0 Å². The Kier molecular flexibility index (Phi) is 9.04. The first-order valence-electron chi connectivity index (χ1n) is 10.6. The molecule has 0 bridgehead atoms. The Bertz CT molecular complexity index is 1300. The number of thiocarbonyl (C=S) groups is 1. The van der Waals surface area contributed by atoms with Gasteiger partial charge in [0.1, 0.15) is 6.61 Å². The molecule has 0 saturated carbocycles. The predicted molar refractivity (Wildman–Crippen MR) is 160 cm³/mol. The standard InChI is InChI=1S/C26H21ClINO3S3/c1-3-31-22-12-17(11-21(28)24(22)32-15-16-7-9-18(27)10-8-16)13-23-25(30)29(26(33)35-23)19-5-4-6-20(14-19)34-2/h4-14H,3,15H2,1-2H3/b23-13+. The van der Waals surface area contributed by atoms with Crippen molar-refractivity contribution in [3.05, 3.63) is 85.3 Å². The van der Waals surface area contributed by atoms with Crippen LogP contribution in [-0.4, -0.2) is 23.1 Å². The van der Waals surface area contributed by atoms with Crippen LogP contribution in [-0.2, 0) is 11.4 Å². The molecule has 0 unspecified atom stereocenters. The van der Waals surface area contributed by atoms with Gasteiger partial charge in [0.2, 0.25) is 0 Å². The number of thioether (sulfide) groups is 2. The van der Waals surface area contributed by atoms with Gasteiger partial charge in [-0.3, -0.25) is 9.69 Å². The van der Waals surface area contributed by atoms with E-state index in [1.807, 2.05) is 79.9 Å². The zero-order chi connectivity index (χ0) is 24.9. The van der Waals surface area contributed by atoms with Gasteiger partial charge in [0.15, 0.2) is 15.8 Å². The summed E-state index contributed by atoms with van der Waals surface area (Å²) in [5.74, 6) is 1.16. The van der Waals surface area contributed by atoms with Crippen LogP contribution in [0.2, 0.25) is 5.02 Å². The Hall–Kier alpha value is -1.72. The van der Waals surface area contributed by atoms with E-state index in [9.17, 15) is 4.79 Å². The SMILES string of the molecule is CCOc1cc(/C=C2/SC(=S)N(c3cccc(SC)c3)C2=O)cc(I)c1OCc1ccc(Cl)cc1. The van der Waals surface area contributed by atoms with Crippen molar-refractivity contribution in [3.8, 4) is 11.5 Å². The molecule has 1 aliphatic rings. The molecule has 180 valence electrons. The molecule has 0 atom stereocenters. The molecule has 1 saturated heterocycles. The Balaban J connectivity index is 1.59. The maximum Gasteiger partial charge on any atom is 0.270 e. The van der Waals surface area contributed by atoms with E-state index in [1.54, 1.807) is 16.7 Å². The molecule has 0 radical (unpaired) electrons. The highest BCUT2D eigenvalue weighted by Crippen LogP contribution is 2.39. The molecule has 9 heteroatoms. The van der Waals surface area contributed by atoms with E-state index < -0.39 is 0 Å². The van der Waals surface area contributed by atoms with E-state index in [0.717, 1.165) is 25.3 Å². The third-order valence-corrected chi connectivity index (χ3v) is 8.11. The van der Waals surface area contributed by atoms with Gasteiger partial charge in [0.25, 0.3) is 5.91 Å². The number of halogens is 2. The topological polar surface area (TPSA) is 38.8 Å². The zero-order valence-electron chi connectivity index (χ0n) is 18.9. The molecule has 1 heterocycles. The van der Waals surface area contributed by atoms with Crippen molar-refractivity contribution in [1.82, 2.24) is 0 Å². The molecule has 0 aromatic heterocycles. The van der Waals surface area contributed by atoms with Crippen LogP contribution in [0.5, 0.6) is 11.5 Å². The number of hydrogen-bond donors (Lipinski definition) is 0. The molecule has 1 amide bonds. The molecule has 0 aliphatic carbocycles. The van der Waals surface area contributed by atoms with Gasteiger partial charge in [-0.15, -0.1) is 11.8 Å². The van der Waals surface area contributed by atoms with Gasteiger partial charge in [0.05, 0.1) is 20.8 Å². The Morgan fingerprint density at radius 3 is 2.63 bits per heavy atom. The summed E-state index contributed by atoms with van der Waals surface area (Å²) in [4.78, 5) is 16.5. The molecular weight excluding hydrogens is 633 g/mol. The highest BCUT2D eigenvalue weighted by molar-refractivity contribution is 14.1. The van der Waals surface area contributed by atoms with Crippen LogP contribution in [0.15, 0.2) is 70.5 Å². The molecule has 1 aliphatic heterocycles. The highest BCUT2D eigenvalue weighted by atomic mass is 127. The minimum Gasteiger partial charge on any atom is -0.490 e. The summed E-state index contributed by atoms with van der Waals surface area (Å²) in [6, 6.07) is 19.2. The first-order chi connectivity index (χ1) is 16.9. The molecule has 4 rings (SSSR count). The number of hydrogen-bond acceptors (Lipinski definition) is 6. The molecule has 3 aromatic rings. The number of anilines is 1. The van der Waals surface area contributed by atoms with Crippen LogP contribution in [0.4, 0.5) is 5.69 Å². The van der Waals surface area contributed by atoms with Gasteiger partial charge < -0.3 is 9.47 Å². The van der Waals surface area contributed by atoms with Crippen molar-refractivity contribution in [2.24, 2.45) is 0 Å². The van der Waals surface area contributed by atoms with E-state index >= 15 is 0 Å². The fourth-order valence-corrected chi connectivity index (χ4v) is 6.06. The summed E-state index contributed by atoms with van der Waals surface area (Å²) in [7, 11) is 0. The lowest BCUT2D eigenvalue weighted by atomic mass is 10.1. The average molecular weight is 654 g/mol. The third kappa shape index (κ3) is 6.35. The van der Waals surface area contributed by atoms with Gasteiger partial charge in [-0.1, -0.05) is 53.8 Å². The fourth-order valence-electron chi connectivity index (χ4n) is 3.40. The second-order valence-corrected chi connectivity index (χ2v) is 11.6. The lowest BCUT2D eigenvalue weighted by Gasteiger charge is -2.15. The maximum atomic E-state index is 13.2. The van der Waals surface area contributed by atoms with Crippen LogP contribution in [0.25, 0.3) is 6.08 Å². The zero-order valence-corrected chi connectivity index (χ0v) is 24.3. The van der Waals surface area contributed by atoms with Crippen LogP contribution in [0.3, 0.4) is 0 Å². The number of nitrogens with zero attached hydrogens (tertiary/aromatic N) is 1. The van der Waals surface area contributed by atoms with Crippen molar-refractivity contribution < 1.29 is 14.3 Å². The average Bonchev–Trinajstić information content (AvgIpc) is 3.12. The van der Waals surface area contributed by atoms with E-state index in [1.165, 1.54) is 11.8 Å². The third-order valence-electron chi connectivity index (χ3n) is 5.03. The van der Waals surface area contributed by atoms with Crippen molar-refractivity contribution in [3.63, 3.8) is 0 Å². The molecule has 4 nitrogen and oxygen atoms in total. The van der Waals surface area contributed by atoms with Crippen molar-refractivity contribution in [2.45, 2.75) is 18.4 Å². The van der Waals surface area contributed by atoms with Gasteiger partial charge in [-0.25, -0.2) is 0 Å². The van der Waals surface area contributed by atoms with Crippen LogP contribution >= 0.6 is 69.9 Å². The molecule has 1 fully saturated rings. The van der Waals surface area contributed by atoms with E-state index in [-0.39, 0.29) is 5.91 Å². The maximum absolute atomic E-state index is 13.2. The summed E-state index contributed by atoms with van der Waals surface area (Å²) in [5, 5.41) is 0.685. The van der Waals surface area contributed by atoms with Crippen LogP contribution < -0.4 is 14.4 Å². The highest BCUT2D eigenvalue weighted by Gasteiger charge is 2.33. The number of amides is 1. The normalized spacial score (nSPS) is 14.6. The number of rotatable bonds is 8. The molecule has 0 N–H and O–H groups in total. The van der Waals surface area contributed by atoms with Gasteiger partial charge in [0, 0.05) is 9.92 Å². The van der Waals surface area contributed by atoms with Gasteiger partial charge >= 0.3 is 0 Å². The van der Waals surface area contributed by atoms with Crippen LogP contribution in [0, 0.1) is 3.57 Å². The first kappa shape index (κ1) is 26.3. The van der Waals surface area contributed by atoms with Crippen molar-refractivity contribution in [2.75, 3.05) is 17.8 Å². The summed E-state index contributed by atoms with van der Waals surface area (Å²) in [5.41, 5.74) is 2.62. The van der Waals surface area contributed by atoms with E-state index in [4.69, 9.17) is 33.3 Å². The van der Waals surface area contributed by atoms with Crippen molar-refractivity contribution in [1.29, 1.82) is 0 Å². The molecule has 3 aromatic carbocycles. The Morgan fingerprint density at radius 2 is 1.91 bits per heavy atom. The quantitative estimate of drug-likeness (QED) is 0.106. The second-order valence-electron chi connectivity index (χ2n) is 7.40. The monoisotopic (exact) mass is 653 g/mol.